The highest BCUT2D eigenvalue weighted by Gasteiger charge is 2.08. The number of hydrogen-bond donors (Lipinski definition) is 0. The summed E-state index contributed by atoms with van der Waals surface area (Å²) in [6.45, 7) is 2.78. The van der Waals surface area contributed by atoms with Gasteiger partial charge in [0.15, 0.2) is 0 Å². The maximum absolute atomic E-state index is 12.1. The van der Waals surface area contributed by atoms with Gasteiger partial charge in [0, 0.05) is 24.2 Å². The van der Waals surface area contributed by atoms with Crippen molar-refractivity contribution < 1.29 is 0 Å². The van der Waals surface area contributed by atoms with E-state index < -0.39 is 0 Å². The second-order valence-corrected chi connectivity index (χ2v) is 5.29. The third kappa shape index (κ3) is 3.13. The normalized spacial score (nSPS) is 10.8. The summed E-state index contributed by atoms with van der Waals surface area (Å²) >= 11 is 7.08. The van der Waals surface area contributed by atoms with Crippen molar-refractivity contribution in [3.63, 3.8) is 0 Å². The van der Waals surface area contributed by atoms with Gasteiger partial charge in [-0.15, -0.1) is 22.9 Å². The molecule has 0 amide bonds. The lowest BCUT2D eigenvalue weighted by Gasteiger charge is -2.07. The Kier molecular flexibility index (Phi) is 4.55. The lowest BCUT2D eigenvalue weighted by molar-refractivity contribution is 0.570. The van der Waals surface area contributed by atoms with Gasteiger partial charge in [-0.05, 0) is 6.42 Å². The zero-order valence-electron chi connectivity index (χ0n) is 10.5. The van der Waals surface area contributed by atoms with Gasteiger partial charge in [0.25, 0.3) is 5.56 Å². The van der Waals surface area contributed by atoms with E-state index >= 15 is 0 Å². The molecule has 7 heteroatoms. The Morgan fingerprint density at radius 3 is 2.84 bits per heavy atom. The summed E-state index contributed by atoms with van der Waals surface area (Å²) in [5, 5.41) is 2.55. The maximum Gasteiger partial charge on any atom is 0.331 e. The fourth-order valence-corrected chi connectivity index (χ4v) is 2.74. The van der Waals surface area contributed by atoms with E-state index in [1.54, 1.807) is 0 Å². The van der Waals surface area contributed by atoms with Crippen LogP contribution in [0.3, 0.4) is 0 Å². The largest absolute Gasteiger partial charge is 0.331 e. The molecule has 0 radical (unpaired) electrons. The van der Waals surface area contributed by atoms with Crippen molar-refractivity contribution in [1.82, 2.24) is 14.1 Å². The zero-order chi connectivity index (χ0) is 13.8. The van der Waals surface area contributed by atoms with Crippen LogP contribution in [0, 0.1) is 0 Å². The van der Waals surface area contributed by atoms with Crippen LogP contribution < -0.4 is 11.2 Å². The molecule has 2 aromatic rings. The van der Waals surface area contributed by atoms with Crippen molar-refractivity contribution in [2.45, 2.75) is 32.3 Å². The number of aryl methyl sites for hydroxylation is 1. The molecular weight excluding hydrogens is 286 g/mol. The molecule has 0 atom stereocenters. The lowest BCUT2D eigenvalue weighted by Crippen LogP contribution is -2.39. The first-order valence-electron chi connectivity index (χ1n) is 5.95. The highest BCUT2D eigenvalue weighted by Crippen LogP contribution is 2.11. The molecule has 0 saturated carbocycles. The summed E-state index contributed by atoms with van der Waals surface area (Å²) in [7, 11) is 0. The van der Waals surface area contributed by atoms with Gasteiger partial charge in [0.2, 0.25) is 0 Å². The number of aromatic nitrogens is 3. The van der Waals surface area contributed by atoms with Crippen molar-refractivity contribution >= 4 is 22.9 Å². The minimum absolute atomic E-state index is 0.198. The first-order valence-corrected chi connectivity index (χ1v) is 7.36. The summed E-state index contributed by atoms with van der Waals surface area (Å²) in [5.41, 5.74) is 0.163. The molecule has 0 aliphatic heterocycles. The van der Waals surface area contributed by atoms with E-state index in [0.29, 0.717) is 17.4 Å². The Balaban J connectivity index is 2.36. The predicted molar refractivity (Wildman–Crippen MR) is 76.0 cm³/mol. The van der Waals surface area contributed by atoms with Crippen LogP contribution in [0.25, 0.3) is 0 Å². The van der Waals surface area contributed by atoms with Gasteiger partial charge in [-0.1, -0.05) is 6.92 Å². The number of hydrogen-bond acceptors (Lipinski definition) is 4. The Bertz CT molecular complexity index is 674. The van der Waals surface area contributed by atoms with Gasteiger partial charge in [0.1, 0.15) is 5.01 Å². The van der Waals surface area contributed by atoms with Crippen LogP contribution in [0.4, 0.5) is 0 Å². The van der Waals surface area contributed by atoms with Gasteiger partial charge < -0.3 is 4.57 Å². The summed E-state index contributed by atoms with van der Waals surface area (Å²) in [6, 6.07) is 1.41. The van der Waals surface area contributed by atoms with Crippen LogP contribution in [0.5, 0.6) is 0 Å². The maximum atomic E-state index is 12.1. The number of nitrogens with zero attached hydrogens (tertiary/aromatic N) is 3. The van der Waals surface area contributed by atoms with Gasteiger partial charge in [-0.25, -0.2) is 9.78 Å². The van der Waals surface area contributed by atoms with Crippen molar-refractivity contribution in [3.05, 3.63) is 49.2 Å². The monoisotopic (exact) mass is 299 g/mol. The zero-order valence-corrected chi connectivity index (χ0v) is 12.1. The Morgan fingerprint density at radius 1 is 1.42 bits per heavy atom. The van der Waals surface area contributed by atoms with Crippen LogP contribution in [0.1, 0.15) is 24.0 Å². The van der Waals surface area contributed by atoms with Crippen LogP contribution in [0.15, 0.2) is 27.2 Å². The first-order chi connectivity index (χ1) is 9.15. The lowest BCUT2D eigenvalue weighted by atomic mass is 10.4. The van der Waals surface area contributed by atoms with E-state index in [4.69, 9.17) is 11.6 Å². The third-order valence-corrected chi connectivity index (χ3v) is 3.79. The number of rotatable bonds is 5. The summed E-state index contributed by atoms with van der Waals surface area (Å²) in [6.07, 6.45) is 2.38. The van der Waals surface area contributed by atoms with Crippen LogP contribution in [0.2, 0.25) is 0 Å². The van der Waals surface area contributed by atoms with Crippen molar-refractivity contribution in [2.75, 3.05) is 0 Å². The summed E-state index contributed by atoms with van der Waals surface area (Å²) < 4.78 is 2.74. The molecule has 0 saturated heterocycles. The Hall–Kier alpha value is -1.40. The highest BCUT2D eigenvalue weighted by molar-refractivity contribution is 7.09. The summed E-state index contributed by atoms with van der Waals surface area (Å²) in [4.78, 5) is 28.2. The van der Waals surface area contributed by atoms with Crippen LogP contribution >= 0.6 is 22.9 Å². The number of alkyl halides is 1. The van der Waals surface area contributed by atoms with Crippen molar-refractivity contribution in [1.29, 1.82) is 0 Å². The molecular formula is C12H14ClN3O2S. The molecule has 0 aliphatic rings. The van der Waals surface area contributed by atoms with E-state index in [2.05, 4.69) is 4.98 Å². The van der Waals surface area contributed by atoms with Gasteiger partial charge in [-0.3, -0.25) is 9.36 Å². The quantitative estimate of drug-likeness (QED) is 0.789. The fourth-order valence-electron chi connectivity index (χ4n) is 1.73. The predicted octanol–water partition coefficient (Wildman–Crippen LogP) is 1.66. The van der Waals surface area contributed by atoms with E-state index in [0.717, 1.165) is 12.1 Å². The number of halogens is 1. The Labute approximate surface area is 119 Å². The summed E-state index contributed by atoms with van der Waals surface area (Å²) in [5.74, 6) is 0.334. The molecule has 19 heavy (non-hydrogen) atoms. The average molecular weight is 300 g/mol. The smallest absolute Gasteiger partial charge is 0.300 e. The molecule has 0 fully saturated rings. The molecule has 2 rings (SSSR count). The van der Waals surface area contributed by atoms with E-state index in [1.807, 2.05) is 12.3 Å². The molecule has 0 unspecified atom stereocenters. The molecule has 0 aromatic carbocycles. The Morgan fingerprint density at radius 2 is 2.21 bits per heavy atom. The molecule has 0 bridgehead atoms. The first kappa shape index (κ1) is 14.0. The van der Waals surface area contributed by atoms with Crippen LogP contribution in [-0.2, 0) is 19.0 Å². The second kappa shape index (κ2) is 6.16. The standard InChI is InChI=1S/C12H14ClN3O2S/c1-2-4-15-5-3-11(17)16(12(15)18)7-10-14-9(6-13)8-19-10/h3,5,8H,2,4,6-7H2,1H3. The van der Waals surface area contributed by atoms with Crippen LogP contribution in [-0.4, -0.2) is 14.1 Å². The average Bonchev–Trinajstić information content (AvgIpc) is 2.86. The SMILES string of the molecule is CCCn1ccc(=O)n(Cc2nc(CCl)cs2)c1=O. The second-order valence-electron chi connectivity index (χ2n) is 4.08. The van der Waals surface area contributed by atoms with Gasteiger partial charge in [-0.2, -0.15) is 0 Å². The van der Waals surface area contributed by atoms with Crippen molar-refractivity contribution in [3.8, 4) is 0 Å². The van der Waals surface area contributed by atoms with Crippen molar-refractivity contribution in [2.24, 2.45) is 0 Å². The highest BCUT2D eigenvalue weighted by atomic mass is 35.5. The minimum Gasteiger partial charge on any atom is -0.300 e. The van der Waals surface area contributed by atoms with Gasteiger partial charge >= 0.3 is 5.69 Å². The molecule has 2 aromatic heterocycles. The molecule has 2 heterocycles. The number of thiazole rings is 1. The van der Waals surface area contributed by atoms with Gasteiger partial charge in [0.05, 0.1) is 18.1 Å². The molecule has 0 N–H and O–H groups in total. The topological polar surface area (TPSA) is 56.9 Å². The fraction of sp³-hybridized carbons (Fsp3) is 0.417. The van der Waals surface area contributed by atoms with E-state index in [1.165, 1.54) is 32.7 Å². The molecule has 102 valence electrons. The molecule has 0 spiro atoms. The van der Waals surface area contributed by atoms with E-state index in [9.17, 15) is 9.59 Å². The molecule has 5 nitrogen and oxygen atoms in total. The van der Waals surface area contributed by atoms with E-state index in [-0.39, 0.29) is 17.8 Å². The molecule has 0 aliphatic carbocycles. The minimum atomic E-state index is -0.306. The third-order valence-electron chi connectivity index (χ3n) is 2.63.